The van der Waals surface area contributed by atoms with Gasteiger partial charge in [-0.1, -0.05) is 0 Å². The molecule has 1 aliphatic heterocycles. The first-order chi connectivity index (χ1) is 5.72. The number of hydrogen-bond acceptors (Lipinski definition) is 3. The maximum atomic E-state index is 4.12. The molecule has 0 saturated carbocycles. The van der Waals surface area contributed by atoms with Gasteiger partial charge in [-0.3, -0.25) is 0 Å². The van der Waals surface area contributed by atoms with Crippen LogP contribution >= 0.6 is 0 Å². The van der Waals surface area contributed by atoms with Crippen LogP contribution in [-0.4, -0.2) is 21.3 Å². The third-order valence-electron chi connectivity index (χ3n) is 2.57. The van der Waals surface area contributed by atoms with Gasteiger partial charge < -0.3 is 9.88 Å². The Balaban J connectivity index is 2.34. The molecule has 0 aliphatic carbocycles. The smallest absolute Gasteiger partial charge is 0.152 e. The third-order valence-corrected chi connectivity index (χ3v) is 2.57. The zero-order chi connectivity index (χ0) is 8.60. The van der Waals surface area contributed by atoms with E-state index in [1.165, 1.54) is 6.42 Å². The summed E-state index contributed by atoms with van der Waals surface area (Å²) in [6, 6.07) is 0. The largest absolute Gasteiger partial charge is 0.319 e. The maximum Gasteiger partial charge on any atom is 0.152 e. The van der Waals surface area contributed by atoms with Crippen molar-refractivity contribution in [3.63, 3.8) is 0 Å². The number of hydrogen-bond donors (Lipinski definition) is 1. The fraction of sp³-hybridized carbons (Fsp3) is 0.750. The van der Waals surface area contributed by atoms with Gasteiger partial charge >= 0.3 is 0 Å². The standard InChI is InChI=1S/C8H14N4/c1-8(4-3-5-9-8)7-11-10-6-12(7)2/h6,9H,3-5H2,1-2H3. The van der Waals surface area contributed by atoms with Gasteiger partial charge in [0.05, 0.1) is 5.54 Å². The summed E-state index contributed by atoms with van der Waals surface area (Å²) in [5.74, 6) is 1.04. The minimum absolute atomic E-state index is 0.0469. The minimum atomic E-state index is 0.0469. The van der Waals surface area contributed by atoms with E-state index < -0.39 is 0 Å². The zero-order valence-corrected chi connectivity index (χ0v) is 7.54. The normalized spacial score (nSPS) is 29.5. The van der Waals surface area contributed by atoms with Crippen LogP contribution in [0.1, 0.15) is 25.6 Å². The van der Waals surface area contributed by atoms with E-state index >= 15 is 0 Å². The van der Waals surface area contributed by atoms with Crippen molar-refractivity contribution in [2.45, 2.75) is 25.3 Å². The summed E-state index contributed by atoms with van der Waals surface area (Å²) >= 11 is 0. The first-order valence-electron chi connectivity index (χ1n) is 4.32. The lowest BCUT2D eigenvalue weighted by atomic mass is 10.00. The van der Waals surface area contributed by atoms with Gasteiger partial charge in [-0.25, -0.2) is 0 Å². The molecule has 1 unspecified atom stereocenters. The Bertz CT molecular complexity index is 272. The second-order valence-corrected chi connectivity index (χ2v) is 3.63. The molecule has 12 heavy (non-hydrogen) atoms. The molecule has 1 fully saturated rings. The molecular formula is C8H14N4. The molecule has 0 aromatic carbocycles. The Morgan fingerprint density at radius 1 is 1.67 bits per heavy atom. The van der Waals surface area contributed by atoms with Gasteiger partial charge in [-0.05, 0) is 26.3 Å². The zero-order valence-electron chi connectivity index (χ0n) is 7.54. The fourth-order valence-electron chi connectivity index (χ4n) is 1.87. The average molecular weight is 166 g/mol. The van der Waals surface area contributed by atoms with E-state index in [0.717, 1.165) is 18.8 Å². The molecule has 1 atom stereocenters. The Kier molecular flexibility index (Phi) is 1.65. The van der Waals surface area contributed by atoms with Crippen LogP contribution in [0.25, 0.3) is 0 Å². The van der Waals surface area contributed by atoms with Gasteiger partial charge in [0.2, 0.25) is 0 Å². The average Bonchev–Trinajstić information content (AvgIpc) is 2.59. The number of aromatic nitrogens is 3. The molecule has 1 aromatic heterocycles. The lowest BCUT2D eigenvalue weighted by molar-refractivity contribution is 0.393. The van der Waals surface area contributed by atoms with Gasteiger partial charge in [0.1, 0.15) is 6.33 Å². The van der Waals surface area contributed by atoms with Crippen molar-refractivity contribution >= 4 is 0 Å². The van der Waals surface area contributed by atoms with Gasteiger partial charge in [0, 0.05) is 7.05 Å². The molecule has 1 aliphatic rings. The predicted octanol–water partition coefficient (Wildman–Crippen LogP) is 0.414. The van der Waals surface area contributed by atoms with Crippen molar-refractivity contribution in [1.82, 2.24) is 20.1 Å². The van der Waals surface area contributed by atoms with Gasteiger partial charge in [-0.15, -0.1) is 10.2 Å². The van der Waals surface area contributed by atoms with Crippen molar-refractivity contribution in [3.8, 4) is 0 Å². The summed E-state index contributed by atoms with van der Waals surface area (Å²) in [5.41, 5.74) is 0.0469. The van der Waals surface area contributed by atoms with Crippen molar-refractivity contribution in [3.05, 3.63) is 12.2 Å². The summed E-state index contributed by atoms with van der Waals surface area (Å²) in [4.78, 5) is 0. The van der Waals surface area contributed by atoms with E-state index in [9.17, 15) is 0 Å². The van der Waals surface area contributed by atoms with Crippen molar-refractivity contribution < 1.29 is 0 Å². The molecule has 1 saturated heterocycles. The summed E-state index contributed by atoms with van der Waals surface area (Å²) < 4.78 is 1.98. The van der Waals surface area contributed by atoms with Crippen LogP contribution in [0, 0.1) is 0 Å². The summed E-state index contributed by atoms with van der Waals surface area (Å²) in [7, 11) is 1.99. The number of rotatable bonds is 1. The Labute approximate surface area is 72.0 Å². The van der Waals surface area contributed by atoms with E-state index in [1.807, 2.05) is 11.6 Å². The predicted molar refractivity (Wildman–Crippen MR) is 45.6 cm³/mol. The molecule has 2 rings (SSSR count). The topological polar surface area (TPSA) is 42.7 Å². The highest BCUT2D eigenvalue weighted by atomic mass is 15.3. The van der Waals surface area contributed by atoms with Crippen LogP contribution < -0.4 is 5.32 Å². The monoisotopic (exact) mass is 166 g/mol. The Hall–Kier alpha value is -0.900. The molecule has 0 amide bonds. The first kappa shape index (κ1) is 7.73. The van der Waals surface area contributed by atoms with Crippen molar-refractivity contribution in [2.24, 2.45) is 7.05 Å². The number of nitrogens with one attached hydrogen (secondary N) is 1. The molecular weight excluding hydrogens is 152 g/mol. The quantitative estimate of drug-likeness (QED) is 0.657. The van der Waals surface area contributed by atoms with Crippen LogP contribution in [0.5, 0.6) is 0 Å². The van der Waals surface area contributed by atoms with Gasteiger partial charge in [0.15, 0.2) is 5.82 Å². The molecule has 0 bridgehead atoms. The molecule has 66 valence electrons. The molecule has 1 aromatic rings. The molecule has 2 heterocycles. The highest BCUT2D eigenvalue weighted by Gasteiger charge is 2.33. The second kappa shape index (κ2) is 2.55. The first-order valence-corrected chi connectivity index (χ1v) is 4.32. The van der Waals surface area contributed by atoms with E-state index in [-0.39, 0.29) is 5.54 Å². The molecule has 1 N–H and O–H groups in total. The highest BCUT2D eigenvalue weighted by molar-refractivity contribution is 5.06. The Morgan fingerprint density at radius 3 is 3.00 bits per heavy atom. The molecule has 0 radical (unpaired) electrons. The van der Waals surface area contributed by atoms with Crippen LogP contribution in [-0.2, 0) is 12.6 Å². The Morgan fingerprint density at radius 2 is 2.50 bits per heavy atom. The summed E-state index contributed by atoms with van der Waals surface area (Å²) in [6.45, 7) is 3.27. The van der Waals surface area contributed by atoms with E-state index in [4.69, 9.17) is 0 Å². The lowest BCUT2D eigenvalue weighted by Gasteiger charge is -2.22. The summed E-state index contributed by atoms with van der Waals surface area (Å²) in [5, 5.41) is 11.5. The number of aryl methyl sites for hydroxylation is 1. The molecule has 0 spiro atoms. The third kappa shape index (κ3) is 1.03. The SMILES string of the molecule is Cn1cnnc1C1(C)CCCN1. The van der Waals surface area contributed by atoms with Crippen molar-refractivity contribution in [2.75, 3.05) is 6.54 Å². The minimum Gasteiger partial charge on any atom is -0.319 e. The fourth-order valence-corrected chi connectivity index (χ4v) is 1.87. The van der Waals surface area contributed by atoms with Gasteiger partial charge in [-0.2, -0.15) is 0 Å². The van der Waals surface area contributed by atoms with Crippen LogP contribution in [0.3, 0.4) is 0 Å². The summed E-state index contributed by atoms with van der Waals surface area (Å²) in [6.07, 6.45) is 4.13. The van der Waals surface area contributed by atoms with Crippen LogP contribution in [0.15, 0.2) is 6.33 Å². The van der Waals surface area contributed by atoms with Crippen molar-refractivity contribution in [1.29, 1.82) is 0 Å². The second-order valence-electron chi connectivity index (χ2n) is 3.63. The van der Waals surface area contributed by atoms with E-state index in [1.54, 1.807) is 6.33 Å². The number of nitrogens with zero attached hydrogens (tertiary/aromatic N) is 3. The van der Waals surface area contributed by atoms with Gasteiger partial charge in [0.25, 0.3) is 0 Å². The lowest BCUT2D eigenvalue weighted by Crippen LogP contribution is -2.35. The maximum absolute atomic E-state index is 4.12. The molecule has 4 nitrogen and oxygen atoms in total. The molecule has 4 heteroatoms. The van der Waals surface area contributed by atoms with E-state index in [0.29, 0.717) is 0 Å². The van der Waals surface area contributed by atoms with Crippen LogP contribution in [0.2, 0.25) is 0 Å². The van der Waals surface area contributed by atoms with E-state index in [2.05, 4.69) is 22.4 Å². The van der Waals surface area contributed by atoms with Crippen LogP contribution in [0.4, 0.5) is 0 Å². The highest BCUT2D eigenvalue weighted by Crippen LogP contribution is 2.27.